The first-order valence-corrected chi connectivity index (χ1v) is 11.8. The molecule has 35 heavy (non-hydrogen) atoms. The number of ether oxygens (including phenoxy) is 3. The Morgan fingerprint density at radius 2 is 1.66 bits per heavy atom. The summed E-state index contributed by atoms with van der Waals surface area (Å²) in [5.74, 6) is 2.82. The number of Topliss-reactive ketones (excluding diaryl/α,β-unsaturated/α-hetero) is 1. The summed E-state index contributed by atoms with van der Waals surface area (Å²) >= 11 is 0. The molecule has 8 nitrogen and oxygen atoms in total. The SMILES string of the molecule is COc1cc([C@H]2CC(=O)C3=C(C2)Nc2ncnn2[C@@H]3c2ccc(C(C)C)cc2)cc(OC)c1OC. The molecule has 5 rings (SSSR count). The Bertz CT molecular complexity index is 1270. The van der Waals surface area contributed by atoms with Gasteiger partial charge in [0.25, 0.3) is 0 Å². The first-order valence-electron chi connectivity index (χ1n) is 11.8. The lowest BCUT2D eigenvalue weighted by Crippen LogP contribution is -2.33. The summed E-state index contributed by atoms with van der Waals surface area (Å²) in [6.45, 7) is 4.34. The number of aromatic nitrogens is 3. The van der Waals surface area contributed by atoms with Crippen molar-refractivity contribution < 1.29 is 19.0 Å². The van der Waals surface area contributed by atoms with Gasteiger partial charge in [0, 0.05) is 17.7 Å². The number of benzene rings is 2. The van der Waals surface area contributed by atoms with Gasteiger partial charge in [0.1, 0.15) is 12.4 Å². The van der Waals surface area contributed by atoms with E-state index in [9.17, 15) is 4.79 Å². The van der Waals surface area contributed by atoms with Gasteiger partial charge in [-0.1, -0.05) is 38.1 Å². The van der Waals surface area contributed by atoms with Crippen molar-refractivity contribution in [1.82, 2.24) is 14.8 Å². The van der Waals surface area contributed by atoms with E-state index in [1.54, 1.807) is 26.0 Å². The number of nitrogens with one attached hydrogen (secondary N) is 1. The summed E-state index contributed by atoms with van der Waals surface area (Å²) in [7, 11) is 4.77. The first kappa shape index (κ1) is 23.0. The summed E-state index contributed by atoms with van der Waals surface area (Å²) < 4.78 is 18.4. The third kappa shape index (κ3) is 3.92. The molecule has 1 aromatic heterocycles. The Labute approximate surface area is 204 Å². The van der Waals surface area contributed by atoms with Crippen molar-refractivity contribution in [2.45, 2.75) is 44.6 Å². The largest absolute Gasteiger partial charge is 0.493 e. The van der Waals surface area contributed by atoms with Crippen LogP contribution in [-0.4, -0.2) is 41.9 Å². The van der Waals surface area contributed by atoms with Crippen LogP contribution in [0.2, 0.25) is 0 Å². The fourth-order valence-electron chi connectivity index (χ4n) is 5.10. The lowest BCUT2D eigenvalue weighted by Gasteiger charge is -2.35. The van der Waals surface area contributed by atoms with Crippen LogP contribution in [0.5, 0.6) is 17.2 Å². The smallest absolute Gasteiger partial charge is 0.226 e. The normalized spacial score (nSPS) is 19.2. The van der Waals surface area contributed by atoms with Crippen LogP contribution in [0.3, 0.4) is 0 Å². The van der Waals surface area contributed by atoms with Crippen LogP contribution in [0, 0.1) is 0 Å². The number of anilines is 1. The van der Waals surface area contributed by atoms with E-state index in [2.05, 4.69) is 53.5 Å². The van der Waals surface area contributed by atoms with Crippen LogP contribution in [0.4, 0.5) is 5.95 Å². The van der Waals surface area contributed by atoms with Gasteiger partial charge in [0.2, 0.25) is 11.7 Å². The van der Waals surface area contributed by atoms with E-state index in [4.69, 9.17) is 14.2 Å². The second kappa shape index (κ2) is 9.09. The summed E-state index contributed by atoms with van der Waals surface area (Å²) in [6.07, 6.45) is 2.56. The molecule has 0 spiro atoms. The lowest BCUT2D eigenvalue weighted by atomic mass is 9.77. The lowest BCUT2D eigenvalue weighted by molar-refractivity contribution is -0.116. The molecular weight excluding hydrogens is 444 g/mol. The number of rotatable bonds is 6. The zero-order valence-corrected chi connectivity index (χ0v) is 20.7. The minimum absolute atomic E-state index is 0.0408. The maximum Gasteiger partial charge on any atom is 0.226 e. The van der Waals surface area contributed by atoms with E-state index in [-0.39, 0.29) is 17.7 Å². The molecule has 2 heterocycles. The number of nitrogens with zero attached hydrogens (tertiary/aromatic N) is 3. The van der Waals surface area contributed by atoms with Crippen molar-refractivity contribution in [3.63, 3.8) is 0 Å². The summed E-state index contributed by atoms with van der Waals surface area (Å²) in [4.78, 5) is 18.1. The number of hydrogen-bond donors (Lipinski definition) is 1. The molecule has 2 atom stereocenters. The molecule has 0 bridgehead atoms. The first-order chi connectivity index (χ1) is 16.9. The van der Waals surface area contributed by atoms with E-state index in [1.807, 2.05) is 12.1 Å². The number of methoxy groups -OCH3 is 3. The van der Waals surface area contributed by atoms with Crippen molar-refractivity contribution in [2.75, 3.05) is 26.6 Å². The van der Waals surface area contributed by atoms with Crippen molar-refractivity contribution >= 4 is 11.7 Å². The maximum atomic E-state index is 13.7. The Morgan fingerprint density at radius 1 is 0.971 bits per heavy atom. The van der Waals surface area contributed by atoms with E-state index >= 15 is 0 Å². The van der Waals surface area contributed by atoms with Gasteiger partial charge >= 0.3 is 0 Å². The third-order valence-electron chi connectivity index (χ3n) is 6.94. The Hall–Kier alpha value is -3.81. The van der Waals surface area contributed by atoms with Crippen LogP contribution in [-0.2, 0) is 4.79 Å². The van der Waals surface area contributed by atoms with Gasteiger partial charge in [0.05, 0.1) is 21.3 Å². The maximum absolute atomic E-state index is 13.7. The molecular formula is C27H30N4O4. The monoisotopic (exact) mass is 474 g/mol. The van der Waals surface area contributed by atoms with Crippen LogP contribution < -0.4 is 19.5 Å². The quantitative estimate of drug-likeness (QED) is 0.547. The third-order valence-corrected chi connectivity index (χ3v) is 6.94. The zero-order valence-electron chi connectivity index (χ0n) is 20.7. The minimum atomic E-state index is -0.307. The Kier molecular flexibility index (Phi) is 5.96. The molecule has 0 radical (unpaired) electrons. The Balaban J connectivity index is 1.55. The predicted octanol–water partition coefficient (Wildman–Crippen LogP) is 4.84. The molecule has 8 heteroatoms. The number of hydrogen-bond acceptors (Lipinski definition) is 7. The molecule has 1 N–H and O–H groups in total. The highest BCUT2D eigenvalue weighted by atomic mass is 16.5. The minimum Gasteiger partial charge on any atom is -0.493 e. The van der Waals surface area contributed by atoms with Gasteiger partial charge in [-0.15, -0.1) is 0 Å². The fraction of sp³-hybridized carbons (Fsp3) is 0.370. The highest BCUT2D eigenvalue weighted by Crippen LogP contribution is 2.47. The average Bonchev–Trinajstić information content (AvgIpc) is 3.34. The highest BCUT2D eigenvalue weighted by Gasteiger charge is 2.39. The second-order valence-electron chi connectivity index (χ2n) is 9.26. The van der Waals surface area contributed by atoms with Gasteiger partial charge in [0.15, 0.2) is 17.3 Å². The number of fused-ring (bicyclic) bond motifs is 1. The predicted molar refractivity (Wildman–Crippen MR) is 132 cm³/mol. The second-order valence-corrected chi connectivity index (χ2v) is 9.26. The van der Waals surface area contributed by atoms with E-state index in [0.717, 1.165) is 22.4 Å². The highest BCUT2D eigenvalue weighted by molar-refractivity contribution is 6.00. The van der Waals surface area contributed by atoms with Gasteiger partial charge in [-0.3, -0.25) is 4.79 Å². The molecule has 0 unspecified atom stereocenters. The van der Waals surface area contributed by atoms with Crippen molar-refractivity contribution in [3.8, 4) is 17.2 Å². The molecule has 2 aliphatic rings. The molecule has 1 aliphatic heterocycles. The topological polar surface area (TPSA) is 87.5 Å². The van der Waals surface area contributed by atoms with Gasteiger partial charge < -0.3 is 19.5 Å². The molecule has 0 amide bonds. The number of carbonyl (C=O) groups is 1. The standard InChI is InChI=1S/C27H30N4O4/c1-15(2)16-6-8-17(9-7-16)25-24-20(30-27-28-14-29-31(25)27)10-18(11-21(24)32)19-12-22(33-3)26(35-5)23(13-19)34-4/h6-9,12-15,18,25H,10-11H2,1-5H3,(H,28,29,30)/t18-,25-/m1/s1. The number of ketones is 1. The van der Waals surface area contributed by atoms with E-state index in [0.29, 0.717) is 42.0 Å². The van der Waals surface area contributed by atoms with Crippen LogP contribution in [0.1, 0.15) is 61.3 Å². The Morgan fingerprint density at radius 3 is 2.26 bits per heavy atom. The molecule has 2 aromatic carbocycles. The van der Waals surface area contributed by atoms with Crippen molar-refractivity contribution in [2.24, 2.45) is 0 Å². The summed E-state index contributed by atoms with van der Waals surface area (Å²) in [5.41, 5.74) is 4.89. The van der Waals surface area contributed by atoms with Crippen molar-refractivity contribution in [3.05, 3.63) is 70.7 Å². The van der Waals surface area contributed by atoms with Gasteiger partial charge in [-0.25, -0.2) is 4.68 Å². The average molecular weight is 475 g/mol. The van der Waals surface area contributed by atoms with Crippen molar-refractivity contribution in [1.29, 1.82) is 0 Å². The molecule has 1 aliphatic carbocycles. The van der Waals surface area contributed by atoms with E-state index < -0.39 is 0 Å². The number of carbonyl (C=O) groups excluding carboxylic acids is 1. The fourth-order valence-corrected chi connectivity index (χ4v) is 5.10. The summed E-state index contributed by atoms with van der Waals surface area (Å²) in [5, 5.41) is 7.83. The van der Waals surface area contributed by atoms with Crippen LogP contribution in [0.15, 0.2) is 54.0 Å². The molecule has 0 saturated carbocycles. The zero-order chi connectivity index (χ0) is 24.7. The van der Waals surface area contributed by atoms with E-state index in [1.165, 1.54) is 11.9 Å². The molecule has 0 fully saturated rings. The van der Waals surface area contributed by atoms with Gasteiger partial charge in [-0.2, -0.15) is 10.1 Å². The molecule has 182 valence electrons. The van der Waals surface area contributed by atoms with Gasteiger partial charge in [-0.05, 0) is 47.1 Å². The molecule has 3 aromatic rings. The van der Waals surface area contributed by atoms with Crippen LogP contribution in [0.25, 0.3) is 0 Å². The van der Waals surface area contributed by atoms with Crippen LogP contribution >= 0.6 is 0 Å². The summed E-state index contributed by atoms with van der Waals surface area (Å²) in [6, 6.07) is 12.0. The number of allylic oxidation sites excluding steroid dienone is 2. The molecule has 0 saturated heterocycles.